The first-order chi connectivity index (χ1) is 17.8. The summed E-state index contributed by atoms with van der Waals surface area (Å²) in [4.78, 5) is 23.9. The van der Waals surface area contributed by atoms with Crippen molar-refractivity contribution in [1.82, 2.24) is 5.32 Å². The molecule has 2 saturated heterocycles. The minimum atomic E-state index is -1.16. The predicted octanol–water partition coefficient (Wildman–Crippen LogP) is 3.78. The molecular weight excluding hydrogens is 478 g/mol. The summed E-state index contributed by atoms with van der Waals surface area (Å²) in [6, 6.07) is 16.3. The van der Waals surface area contributed by atoms with Crippen molar-refractivity contribution in [3.8, 4) is 5.75 Å². The van der Waals surface area contributed by atoms with Gasteiger partial charge in [-0.25, -0.2) is 4.79 Å². The van der Waals surface area contributed by atoms with Crippen LogP contribution in [0.2, 0.25) is 0 Å². The smallest absolute Gasteiger partial charge is 0.332 e. The second kappa shape index (κ2) is 12.0. The fourth-order valence-electron chi connectivity index (χ4n) is 4.54. The quantitative estimate of drug-likeness (QED) is 0.521. The first-order valence-electron chi connectivity index (χ1n) is 12.7. The molecule has 8 atom stereocenters. The van der Waals surface area contributed by atoms with Gasteiger partial charge in [-0.3, -0.25) is 4.79 Å². The lowest BCUT2D eigenvalue weighted by atomic mass is 9.95. The molecule has 0 saturated carbocycles. The van der Waals surface area contributed by atoms with E-state index in [1.807, 2.05) is 54.6 Å². The fourth-order valence-corrected chi connectivity index (χ4v) is 4.54. The second-order valence-corrected chi connectivity index (χ2v) is 9.52. The Labute approximate surface area is 217 Å². The first kappa shape index (κ1) is 27.1. The molecule has 37 heavy (non-hydrogen) atoms. The van der Waals surface area contributed by atoms with Crippen LogP contribution in [0.4, 0.5) is 0 Å². The van der Waals surface area contributed by atoms with Gasteiger partial charge in [0.2, 0.25) is 12.2 Å². The molecule has 9 heteroatoms. The number of hydrogen-bond acceptors (Lipinski definition) is 7. The van der Waals surface area contributed by atoms with Crippen LogP contribution in [0.1, 0.15) is 57.5 Å². The Morgan fingerprint density at radius 1 is 1.08 bits per heavy atom. The molecule has 0 spiro atoms. The van der Waals surface area contributed by atoms with E-state index < -0.39 is 49.0 Å². The maximum absolute atomic E-state index is 12.2. The second-order valence-electron chi connectivity index (χ2n) is 9.52. The predicted molar refractivity (Wildman–Crippen MR) is 134 cm³/mol. The number of carboxylic acids is 1. The van der Waals surface area contributed by atoms with Crippen LogP contribution in [0.25, 0.3) is 0 Å². The third-order valence-electron chi connectivity index (χ3n) is 6.80. The van der Waals surface area contributed by atoms with Gasteiger partial charge in [0.25, 0.3) is 0 Å². The molecule has 1 amide bonds. The summed E-state index contributed by atoms with van der Waals surface area (Å²) in [5, 5.41) is 12.4. The van der Waals surface area contributed by atoms with Crippen LogP contribution >= 0.6 is 0 Å². The minimum absolute atomic E-state index is 0.172. The van der Waals surface area contributed by atoms with Gasteiger partial charge in [-0.15, -0.1) is 0 Å². The Balaban J connectivity index is 1.62. The Hall–Kier alpha value is -2.98. The number of ether oxygens (including phenoxy) is 5. The molecule has 200 valence electrons. The zero-order valence-electron chi connectivity index (χ0n) is 21.5. The number of amides is 1. The van der Waals surface area contributed by atoms with Crippen molar-refractivity contribution >= 4 is 11.9 Å². The normalized spacial score (nSPS) is 29.0. The van der Waals surface area contributed by atoms with E-state index in [1.54, 1.807) is 0 Å². The Morgan fingerprint density at radius 3 is 2.41 bits per heavy atom. The molecule has 9 nitrogen and oxygen atoms in total. The summed E-state index contributed by atoms with van der Waals surface area (Å²) >= 11 is 0. The average molecular weight is 514 g/mol. The van der Waals surface area contributed by atoms with Crippen molar-refractivity contribution in [3.05, 3.63) is 65.7 Å². The van der Waals surface area contributed by atoms with Gasteiger partial charge in [0, 0.05) is 12.5 Å². The molecule has 2 aromatic rings. The number of carboxylic acid groups (broad SMARTS) is 1. The van der Waals surface area contributed by atoms with Crippen molar-refractivity contribution in [2.24, 2.45) is 0 Å². The summed E-state index contributed by atoms with van der Waals surface area (Å²) in [5.41, 5.74) is 2.00. The highest BCUT2D eigenvalue weighted by Crippen LogP contribution is 2.36. The number of fused-ring (bicyclic) bond motifs is 1. The molecule has 2 aliphatic heterocycles. The lowest BCUT2D eigenvalue weighted by molar-refractivity contribution is -0.340. The van der Waals surface area contributed by atoms with Crippen molar-refractivity contribution < 1.29 is 38.4 Å². The summed E-state index contributed by atoms with van der Waals surface area (Å²) in [7, 11) is 0. The fraction of sp³-hybridized carbons (Fsp3) is 0.500. The van der Waals surface area contributed by atoms with Gasteiger partial charge in [-0.2, -0.15) is 0 Å². The highest BCUT2D eigenvalue weighted by molar-refractivity contribution is 5.73. The van der Waals surface area contributed by atoms with Gasteiger partial charge < -0.3 is 34.1 Å². The number of carbonyl (C=O) groups excluding carboxylic acids is 1. The first-order valence-corrected chi connectivity index (χ1v) is 12.7. The SMILES string of the molecule is CC[C@H](C)c1ccc(O[C@@H]2O[C@H]3CO[C@H](c4ccccc4)O[C@@H]3[C@@H](O[C@@H](C)C(=O)O)[C@H]2NC(C)=O)cc1. The topological polar surface area (TPSA) is 113 Å². The van der Waals surface area contributed by atoms with E-state index in [0.717, 1.165) is 12.0 Å². The third-order valence-corrected chi connectivity index (χ3v) is 6.80. The highest BCUT2D eigenvalue weighted by atomic mass is 16.8. The minimum Gasteiger partial charge on any atom is -0.479 e. The monoisotopic (exact) mass is 513 g/mol. The van der Waals surface area contributed by atoms with Crippen molar-refractivity contribution in [2.45, 2.75) is 83.1 Å². The molecule has 2 aromatic carbocycles. The van der Waals surface area contributed by atoms with Crippen LogP contribution in [0.5, 0.6) is 5.75 Å². The largest absolute Gasteiger partial charge is 0.479 e. The van der Waals surface area contributed by atoms with E-state index in [9.17, 15) is 14.7 Å². The zero-order valence-corrected chi connectivity index (χ0v) is 21.5. The van der Waals surface area contributed by atoms with Gasteiger partial charge in [0.1, 0.15) is 30.1 Å². The van der Waals surface area contributed by atoms with E-state index in [2.05, 4.69) is 19.2 Å². The van der Waals surface area contributed by atoms with Crippen molar-refractivity contribution in [3.63, 3.8) is 0 Å². The number of carbonyl (C=O) groups is 2. The molecule has 0 aliphatic carbocycles. The number of aliphatic carboxylic acids is 1. The molecule has 0 aromatic heterocycles. The van der Waals surface area contributed by atoms with E-state index in [0.29, 0.717) is 11.7 Å². The molecular formula is C28H35NO8. The Bertz CT molecular complexity index is 1050. The van der Waals surface area contributed by atoms with Crippen molar-refractivity contribution in [1.29, 1.82) is 0 Å². The zero-order chi connectivity index (χ0) is 26.5. The number of nitrogens with one attached hydrogen (secondary N) is 1. The number of benzene rings is 2. The van der Waals surface area contributed by atoms with Crippen molar-refractivity contribution in [2.75, 3.05) is 6.61 Å². The van der Waals surface area contributed by atoms with Gasteiger partial charge in [-0.1, -0.05) is 56.3 Å². The molecule has 4 rings (SSSR count). The van der Waals surface area contributed by atoms with E-state index >= 15 is 0 Å². The molecule has 2 heterocycles. The summed E-state index contributed by atoms with van der Waals surface area (Å²) < 4.78 is 30.6. The van der Waals surface area contributed by atoms with Gasteiger partial charge in [0.15, 0.2) is 12.4 Å². The van der Waals surface area contributed by atoms with Crippen LogP contribution in [0.3, 0.4) is 0 Å². The lowest BCUT2D eigenvalue weighted by Gasteiger charge is -2.49. The molecule has 2 N–H and O–H groups in total. The molecule has 0 bridgehead atoms. The van der Waals surface area contributed by atoms with Crippen LogP contribution in [-0.4, -0.2) is 60.3 Å². The summed E-state index contributed by atoms with van der Waals surface area (Å²) in [5.74, 6) is -0.502. The van der Waals surface area contributed by atoms with Gasteiger partial charge in [0.05, 0.1) is 6.61 Å². The summed E-state index contributed by atoms with van der Waals surface area (Å²) in [6.07, 6.45) is -4.01. The van der Waals surface area contributed by atoms with Gasteiger partial charge in [-0.05, 0) is 37.0 Å². The third kappa shape index (κ3) is 6.48. The highest BCUT2D eigenvalue weighted by Gasteiger charge is 2.52. The maximum atomic E-state index is 12.2. The Kier molecular flexibility index (Phi) is 8.81. The lowest BCUT2D eigenvalue weighted by Crippen LogP contribution is -2.68. The van der Waals surface area contributed by atoms with E-state index in [1.165, 1.54) is 19.4 Å². The van der Waals surface area contributed by atoms with Crippen LogP contribution < -0.4 is 10.1 Å². The maximum Gasteiger partial charge on any atom is 0.332 e. The van der Waals surface area contributed by atoms with Gasteiger partial charge >= 0.3 is 5.97 Å². The molecule has 0 radical (unpaired) electrons. The average Bonchev–Trinajstić information content (AvgIpc) is 2.90. The summed E-state index contributed by atoms with van der Waals surface area (Å²) in [6.45, 7) is 7.28. The molecule has 2 fully saturated rings. The van der Waals surface area contributed by atoms with E-state index in [4.69, 9.17) is 23.7 Å². The van der Waals surface area contributed by atoms with E-state index in [-0.39, 0.29) is 12.5 Å². The van der Waals surface area contributed by atoms with Crippen LogP contribution in [-0.2, 0) is 28.5 Å². The molecule has 0 unspecified atom stereocenters. The number of hydrogen-bond donors (Lipinski definition) is 2. The molecule has 2 aliphatic rings. The Morgan fingerprint density at radius 2 is 1.78 bits per heavy atom. The standard InChI is InChI=1S/C28H35NO8/c1-5-16(2)19-11-13-21(14-12-19)35-28-23(29-18(4)30)25(34-17(3)26(31)32)24-22(36-28)15-33-27(37-24)20-9-7-6-8-10-20/h6-14,16-17,22-25,27-28H,5,15H2,1-4H3,(H,29,30)(H,31,32)/t16-,17-,22-,23+,24-,25-,27-,28+/m0/s1. The van der Waals surface area contributed by atoms with Crippen LogP contribution in [0.15, 0.2) is 54.6 Å². The number of rotatable bonds is 9. The van der Waals surface area contributed by atoms with Crippen LogP contribution in [0, 0.1) is 0 Å².